The second-order valence-corrected chi connectivity index (χ2v) is 23.7. The molecule has 0 aliphatic rings. The summed E-state index contributed by atoms with van der Waals surface area (Å²) < 4.78 is 13.5. The molecule has 0 heterocycles. The Balaban J connectivity index is 2.50. The van der Waals surface area contributed by atoms with Crippen molar-refractivity contribution in [3.05, 3.63) is 57.6 Å². The van der Waals surface area contributed by atoms with Crippen LogP contribution in [0.25, 0.3) is 0 Å². The Bertz CT molecular complexity index is 949. The van der Waals surface area contributed by atoms with Crippen molar-refractivity contribution < 1.29 is 8.85 Å². The van der Waals surface area contributed by atoms with Crippen LogP contribution in [0.3, 0.4) is 0 Å². The van der Waals surface area contributed by atoms with Crippen LogP contribution in [0, 0.1) is 27.7 Å². The predicted molar refractivity (Wildman–Crippen MR) is 160 cm³/mol. The molecule has 4 heteroatoms. The molecule has 0 saturated carbocycles. The molecule has 0 amide bonds. The fraction of sp³-hybridized carbons (Fsp3) is 0.613. The molecular formula is C31H52O2Si2. The minimum Gasteiger partial charge on any atom is -0.543 e. The zero-order valence-corrected chi connectivity index (χ0v) is 27.6. The molecule has 196 valence electrons. The maximum atomic E-state index is 6.76. The molecule has 35 heavy (non-hydrogen) atoms. The van der Waals surface area contributed by atoms with E-state index >= 15 is 0 Å². The van der Waals surface area contributed by atoms with E-state index in [0.717, 1.165) is 11.5 Å². The third-order valence-electron chi connectivity index (χ3n) is 8.69. The summed E-state index contributed by atoms with van der Waals surface area (Å²) in [6.07, 6.45) is 0. The second-order valence-electron chi connectivity index (χ2n) is 14.2. The van der Waals surface area contributed by atoms with Gasteiger partial charge in [-0.05, 0) is 97.3 Å². The van der Waals surface area contributed by atoms with Crippen molar-refractivity contribution in [3.8, 4) is 11.5 Å². The summed E-state index contributed by atoms with van der Waals surface area (Å²) in [6, 6.07) is 9.33. The van der Waals surface area contributed by atoms with E-state index in [1.807, 2.05) is 0 Å². The van der Waals surface area contributed by atoms with Gasteiger partial charge in [-0.2, -0.15) is 0 Å². The molecule has 0 aromatic heterocycles. The van der Waals surface area contributed by atoms with Gasteiger partial charge in [-0.25, -0.2) is 0 Å². The van der Waals surface area contributed by atoms with Crippen molar-refractivity contribution in [3.63, 3.8) is 0 Å². The van der Waals surface area contributed by atoms with Crippen molar-refractivity contribution in [2.24, 2.45) is 0 Å². The highest BCUT2D eigenvalue weighted by molar-refractivity contribution is 6.75. The predicted octanol–water partition coefficient (Wildman–Crippen LogP) is 10.0. The first-order valence-electron chi connectivity index (χ1n) is 13.1. The molecule has 0 spiro atoms. The average Bonchev–Trinajstić information content (AvgIpc) is 2.65. The van der Waals surface area contributed by atoms with Gasteiger partial charge in [-0.1, -0.05) is 79.7 Å². The smallest absolute Gasteiger partial charge is 0.250 e. The van der Waals surface area contributed by atoms with E-state index in [4.69, 9.17) is 8.85 Å². The maximum absolute atomic E-state index is 6.76. The van der Waals surface area contributed by atoms with Crippen LogP contribution in [0.4, 0.5) is 0 Å². The van der Waals surface area contributed by atoms with Crippen LogP contribution in [-0.4, -0.2) is 16.6 Å². The highest BCUT2D eigenvalue weighted by Gasteiger charge is 2.41. The lowest BCUT2D eigenvalue weighted by Gasteiger charge is -2.38. The van der Waals surface area contributed by atoms with Crippen molar-refractivity contribution >= 4 is 16.6 Å². The van der Waals surface area contributed by atoms with Gasteiger partial charge in [0.05, 0.1) is 0 Å². The molecule has 0 radical (unpaired) electrons. The zero-order chi connectivity index (χ0) is 27.4. The van der Waals surface area contributed by atoms with Crippen LogP contribution in [0.5, 0.6) is 11.5 Å². The molecule has 0 N–H and O–H groups in total. The number of benzene rings is 2. The van der Waals surface area contributed by atoms with E-state index in [1.165, 1.54) is 33.4 Å². The monoisotopic (exact) mass is 512 g/mol. The van der Waals surface area contributed by atoms with Gasteiger partial charge in [-0.3, -0.25) is 0 Å². The van der Waals surface area contributed by atoms with E-state index in [-0.39, 0.29) is 15.5 Å². The lowest BCUT2D eigenvalue weighted by Crippen LogP contribution is -2.44. The van der Waals surface area contributed by atoms with Gasteiger partial charge in [0.15, 0.2) is 0 Å². The molecule has 0 aliphatic heterocycles. The normalized spacial score (nSPS) is 13.7. The summed E-state index contributed by atoms with van der Waals surface area (Å²) in [7, 11) is -3.80. The molecule has 2 aromatic rings. The number of hydrogen-bond donors (Lipinski definition) is 0. The quantitative estimate of drug-likeness (QED) is 0.358. The summed E-state index contributed by atoms with van der Waals surface area (Å²) in [5.41, 5.74) is 7.43. The van der Waals surface area contributed by atoms with E-state index in [0.29, 0.717) is 0 Å². The summed E-state index contributed by atoms with van der Waals surface area (Å²) in [5.74, 6) is 2.14. The Morgan fingerprint density at radius 3 is 0.914 bits per heavy atom. The van der Waals surface area contributed by atoms with Gasteiger partial charge < -0.3 is 8.85 Å². The molecule has 2 rings (SSSR count). The third-order valence-corrected chi connectivity index (χ3v) is 17.3. The third kappa shape index (κ3) is 6.07. The van der Waals surface area contributed by atoms with Crippen LogP contribution in [0.15, 0.2) is 24.3 Å². The fourth-order valence-corrected chi connectivity index (χ4v) is 6.20. The van der Waals surface area contributed by atoms with E-state index < -0.39 is 16.6 Å². The number of hydrogen-bond acceptors (Lipinski definition) is 2. The summed E-state index contributed by atoms with van der Waals surface area (Å²) in [5, 5.41) is 0.347. The molecule has 0 atom stereocenters. The first-order chi connectivity index (χ1) is 15.5. The average molecular weight is 513 g/mol. The van der Waals surface area contributed by atoms with Crippen molar-refractivity contribution in [1.82, 2.24) is 0 Å². The SMILES string of the molecule is Cc1cc(C(C)(C)c2cc(C)c(O[Si](C)(C)C(C)(C)C)c(C)c2)cc(C)c1O[Si](C)(C)C(C)(C)C. The Labute approximate surface area is 219 Å². The minimum absolute atomic E-state index is 0.129. The lowest BCUT2D eigenvalue weighted by molar-refractivity contribution is 0.484. The summed E-state index contributed by atoms with van der Waals surface area (Å²) >= 11 is 0. The Kier molecular flexibility index (Phi) is 7.98. The molecular weight excluding hydrogens is 461 g/mol. The van der Waals surface area contributed by atoms with Crippen LogP contribution in [0.2, 0.25) is 36.3 Å². The molecule has 0 unspecified atom stereocenters. The van der Waals surface area contributed by atoms with Crippen LogP contribution in [-0.2, 0) is 5.41 Å². The second kappa shape index (κ2) is 9.41. The van der Waals surface area contributed by atoms with Gasteiger partial charge in [-0.15, -0.1) is 0 Å². The lowest BCUT2D eigenvalue weighted by atomic mass is 9.76. The van der Waals surface area contributed by atoms with Gasteiger partial charge in [0.1, 0.15) is 11.5 Å². The summed E-state index contributed by atoms with van der Waals surface area (Å²) in [6.45, 7) is 36.5. The molecule has 0 saturated heterocycles. The number of rotatable bonds is 6. The van der Waals surface area contributed by atoms with Crippen molar-refractivity contribution in [2.45, 2.75) is 125 Å². The van der Waals surface area contributed by atoms with Gasteiger partial charge in [0.2, 0.25) is 0 Å². The van der Waals surface area contributed by atoms with Crippen molar-refractivity contribution in [2.75, 3.05) is 0 Å². The highest BCUT2D eigenvalue weighted by atomic mass is 28.4. The number of aryl methyl sites for hydroxylation is 4. The van der Waals surface area contributed by atoms with Crippen molar-refractivity contribution in [1.29, 1.82) is 0 Å². The van der Waals surface area contributed by atoms with E-state index in [2.05, 4.69) is 134 Å². The highest BCUT2D eigenvalue weighted by Crippen LogP contribution is 2.43. The van der Waals surface area contributed by atoms with Crippen LogP contribution in [0.1, 0.15) is 88.8 Å². The standard InChI is InChI=1S/C31H52O2Si2/c1-21-17-25(18-22(2)27(21)32-34(13,14)29(5,6)7)31(11,12)26-19-23(3)28(24(4)20-26)33-35(15,16)30(8,9)10/h17-20H,1-16H3. The van der Waals surface area contributed by atoms with Crippen LogP contribution >= 0.6 is 0 Å². The Hall–Kier alpha value is -1.53. The maximum Gasteiger partial charge on any atom is 0.250 e. The molecule has 0 aliphatic carbocycles. The Morgan fingerprint density at radius 1 is 0.486 bits per heavy atom. The summed E-state index contributed by atoms with van der Waals surface area (Å²) in [4.78, 5) is 0. The molecule has 2 aromatic carbocycles. The van der Waals surface area contributed by atoms with Gasteiger partial charge in [0.25, 0.3) is 16.6 Å². The van der Waals surface area contributed by atoms with E-state index in [9.17, 15) is 0 Å². The van der Waals surface area contributed by atoms with Gasteiger partial charge >= 0.3 is 0 Å². The topological polar surface area (TPSA) is 18.5 Å². The Morgan fingerprint density at radius 2 is 0.714 bits per heavy atom. The van der Waals surface area contributed by atoms with Crippen LogP contribution < -0.4 is 8.85 Å². The zero-order valence-electron chi connectivity index (χ0n) is 25.6. The minimum atomic E-state index is -1.90. The molecule has 0 fully saturated rings. The molecule has 0 bridgehead atoms. The largest absolute Gasteiger partial charge is 0.543 e. The fourth-order valence-electron chi connectivity index (χ4n) is 3.93. The first kappa shape index (κ1) is 29.7. The molecule has 2 nitrogen and oxygen atoms in total. The van der Waals surface area contributed by atoms with E-state index in [1.54, 1.807) is 0 Å². The van der Waals surface area contributed by atoms with Gasteiger partial charge in [0, 0.05) is 5.41 Å². The first-order valence-corrected chi connectivity index (χ1v) is 18.9.